The first kappa shape index (κ1) is 15.6. The van der Waals surface area contributed by atoms with Crippen molar-refractivity contribution in [3.05, 3.63) is 29.3 Å². The Bertz CT molecular complexity index is 512. The zero-order valence-corrected chi connectivity index (χ0v) is 11.4. The highest BCUT2D eigenvalue weighted by Crippen LogP contribution is 2.34. The van der Waals surface area contributed by atoms with Gasteiger partial charge in [-0.1, -0.05) is 0 Å². The lowest BCUT2D eigenvalue weighted by Gasteiger charge is -2.13. The van der Waals surface area contributed by atoms with Gasteiger partial charge in [0.25, 0.3) is 5.24 Å². The molecule has 1 aromatic rings. The van der Waals surface area contributed by atoms with Crippen molar-refractivity contribution in [2.45, 2.75) is 18.0 Å². The summed E-state index contributed by atoms with van der Waals surface area (Å²) >= 11 is 0.603. The highest BCUT2D eigenvalue weighted by atomic mass is 32.2. The Hall–Kier alpha value is -1.50. The summed E-state index contributed by atoms with van der Waals surface area (Å²) in [6.07, 6.45) is -4.51. The third-order valence-electron chi connectivity index (χ3n) is 2.25. The van der Waals surface area contributed by atoms with Crippen molar-refractivity contribution in [3.8, 4) is 0 Å². The smallest absolute Gasteiger partial charge is 0.339 e. The summed E-state index contributed by atoms with van der Waals surface area (Å²) in [4.78, 5) is 24.1. The van der Waals surface area contributed by atoms with Gasteiger partial charge in [0, 0.05) is 24.6 Å². The SMILES string of the molecule is CC(=O)c1ccc(C(F)(F)F)cc1SC(=O)N(C)C. The van der Waals surface area contributed by atoms with E-state index in [1.54, 1.807) is 0 Å². The summed E-state index contributed by atoms with van der Waals surface area (Å²) in [6.45, 7) is 1.24. The maximum atomic E-state index is 12.6. The molecule has 0 aliphatic carbocycles. The topological polar surface area (TPSA) is 37.4 Å². The van der Waals surface area contributed by atoms with Gasteiger partial charge in [-0.3, -0.25) is 9.59 Å². The number of Topliss-reactive ketones (excluding diaryl/α,β-unsaturated/α-hetero) is 1. The summed E-state index contributed by atoms with van der Waals surface area (Å²) < 4.78 is 37.8. The second-order valence-corrected chi connectivity index (χ2v) is 5.02. The first-order valence-corrected chi connectivity index (χ1v) is 6.06. The quantitative estimate of drug-likeness (QED) is 0.616. The number of rotatable bonds is 2. The molecule has 0 aliphatic heterocycles. The minimum absolute atomic E-state index is 0.0148. The Morgan fingerprint density at radius 1 is 1.21 bits per heavy atom. The van der Waals surface area contributed by atoms with E-state index in [-0.39, 0.29) is 16.2 Å². The van der Waals surface area contributed by atoms with Crippen LogP contribution in [0.15, 0.2) is 23.1 Å². The highest BCUT2D eigenvalue weighted by molar-refractivity contribution is 8.13. The molecule has 1 aromatic carbocycles. The number of carbonyl (C=O) groups excluding carboxylic acids is 2. The molecule has 0 aromatic heterocycles. The number of alkyl halides is 3. The van der Waals surface area contributed by atoms with Gasteiger partial charge in [0.15, 0.2) is 5.78 Å². The highest BCUT2D eigenvalue weighted by Gasteiger charge is 2.31. The lowest BCUT2D eigenvalue weighted by Crippen LogP contribution is -2.17. The molecule has 0 bridgehead atoms. The predicted octanol–water partition coefficient (Wildman–Crippen LogP) is 3.68. The van der Waals surface area contributed by atoms with E-state index in [0.29, 0.717) is 11.8 Å². The maximum absolute atomic E-state index is 12.6. The summed E-state index contributed by atoms with van der Waals surface area (Å²) in [7, 11) is 2.97. The molecule has 3 nitrogen and oxygen atoms in total. The van der Waals surface area contributed by atoms with Crippen molar-refractivity contribution in [1.29, 1.82) is 0 Å². The van der Waals surface area contributed by atoms with Crippen LogP contribution >= 0.6 is 11.8 Å². The summed E-state index contributed by atoms with van der Waals surface area (Å²) in [5, 5.41) is -0.443. The van der Waals surface area contributed by atoms with Gasteiger partial charge in [-0.15, -0.1) is 0 Å². The van der Waals surface area contributed by atoms with Gasteiger partial charge >= 0.3 is 6.18 Å². The second-order valence-electron chi connectivity index (χ2n) is 4.03. The van der Waals surface area contributed by atoms with Crippen LogP contribution in [-0.4, -0.2) is 30.0 Å². The average Bonchev–Trinajstić information content (AvgIpc) is 2.27. The van der Waals surface area contributed by atoms with E-state index in [2.05, 4.69) is 0 Å². The van der Waals surface area contributed by atoms with E-state index in [4.69, 9.17) is 0 Å². The maximum Gasteiger partial charge on any atom is 0.416 e. The van der Waals surface area contributed by atoms with Gasteiger partial charge in [0.05, 0.1) is 5.56 Å². The number of nitrogens with zero attached hydrogens (tertiary/aromatic N) is 1. The van der Waals surface area contributed by atoms with Crippen molar-refractivity contribution < 1.29 is 22.8 Å². The van der Waals surface area contributed by atoms with Crippen LogP contribution in [0.5, 0.6) is 0 Å². The second kappa shape index (κ2) is 5.64. The Morgan fingerprint density at radius 3 is 2.21 bits per heavy atom. The van der Waals surface area contributed by atoms with E-state index in [9.17, 15) is 22.8 Å². The van der Waals surface area contributed by atoms with E-state index >= 15 is 0 Å². The lowest BCUT2D eigenvalue weighted by atomic mass is 10.1. The summed E-state index contributed by atoms with van der Waals surface area (Å²) in [6, 6.07) is 2.75. The third kappa shape index (κ3) is 3.99. The lowest BCUT2D eigenvalue weighted by molar-refractivity contribution is -0.137. The van der Waals surface area contributed by atoms with Crippen LogP contribution in [-0.2, 0) is 6.18 Å². The van der Waals surface area contributed by atoms with Gasteiger partial charge in [0.1, 0.15) is 0 Å². The molecule has 0 unspecified atom stereocenters. The van der Waals surface area contributed by atoms with Crippen molar-refractivity contribution in [2.75, 3.05) is 14.1 Å². The number of benzene rings is 1. The van der Waals surface area contributed by atoms with Gasteiger partial charge in [0.2, 0.25) is 0 Å². The molecule has 7 heteroatoms. The number of thioether (sulfide) groups is 1. The van der Waals surface area contributed by atoms with Crippen LogP contribution in [0.2, 0.25) is 0 Å². The van der Waals surface area contributed by atoms with Gasteiger partial charge < -0.3 is 4.90 Å². The molecule has 0 aliphatic rings. The molecule has 0 radical (unpaired) electrons. The van der Waals surface area contributed by atoms with Crippen molar-refractivity contribution >= 4 is 22.8 Å². The van der Waals surface area contributed by atoms with Crippen LogP contribution in [0, 0.1) is 0 Å². The normalized spacial score (nSPS) is 11.3. The molecular weight excluding hydrogens is 279 g/mol. The van der Waals surface area contributed by atoms with Crippen LogP contribution in [0.1, 0.15) is 22.8 Å². The number of hydrogen-bond acceptors (Lipinski definition) is 3. The van der Waals surface area contributed by atoms with Crippen LogP contribution < -0.4 is 0 Å². The minimum Gasteiger partial charge on any atom is -0.339 e. The van der Waals surface area contributed by atoms with Crippen molar-refractivity contribution in [2.24, 2.45) is 0 Å². The number of ketones is 1. The number of hydrogen-bond donors (Lipinski definition) is 0. The van der Waals surface area contributed by atoms with E-state index in [0.717, 1.165) is 18.2 Å². The van der Waals surface area contributed by atoms with Crippen molar-refractivity contribution in [1.82, 2.24) is 4.90 Å². The molecule has 0 atom stereocenters. The first-order chi connectivity index (χ1) is 8.62. The van der Waals surface area contributed by atoms with Gasteiger partial charge in [-0.05, 0) is 36.9 Å². The summed E-state index contributed by atoms with van der Waals surface area (Å²) in [5.74, 6) is -0.386. The fourth-order valence-electron chi connectivity index (χ4n) is 1.26. The fourth-order valence-corrected chi connectivity index (χ4v) is 2.14. The van der Waals surface area contributed by atoms with Crippen LogP contribution in [0.25, 0.3) is 0 Å². The number of carbonyl (C=O) groups is 2. The third-order valence-corrected chi connectivity index (χ3v) is 3.35. The molecular formula is C12H12F3NO2S. The van der Waals surface area contributed by atoms with Crippen molar-refractivity contribution in [3.63, 3.8) is 0 Å². The van der Waals surface area contributed by atoms with E-state index in [1.165, 1.54) is 25.9 Å². The van der Waals surface area contributed by atoms with Crippen LogP contribution in [0.4, 0.5) is 18.0 Å². The Labute approximate surface area is 112 Å². The van der Waals surface area contributed by atoms with E-state index < -0.39 is 17.0 Å². The molecule has 0 spiro atoms. The zero-order chi connectivity index (χ0) is 14.8. The molecule has 0 fully saturated rings. The van der Waals surface area contributed by atoms with Gasteiger partial charge in [-0.2, -0.15) is 13.2 Å². The first-order valence-electron chi connectivity index (χ1n) is 5.24. The fraction of sp³-hybridized carbons (Fsp3) is 0.333. The molecule has 0 saturated carbocycles. The van der Waals surface area contributed by atoms with Crippen LogP contribution in [0.3, 0.4) is 0 Å². The predicted molar refractivity (Wildman–Crippen MR) is 66.4 cm³/mol. The minimum atomic E-state index is -4.51. The standard InChI is InChI=1S/C12H12F3NO2S/c1-7(17)9-5-4-8(12(13,14)15)6-10(9)19-11(18)16(2)3/h4-6H,1-3H3. The molecule has 0 saturated heterocycles. The zero-order valence-electron chi connectivity index (χ0n) is 10.5. The molecule has 104 valence electrons. The Kier molecular flexibility index (Phi) is 4.62. The van der Waals surface area contributed by atoms with E-state index in [1.807, 2.05) is 0 Å². The molecule has 1 amide bonds. The number of amides is 1. The molecule has 19 heavy (non-hydrogen) atoms. The molecule has 1 rings (SSSR count). The average molecular weight is 291 g/mol. The summed E-state index contributed by atoms with van der Waals surface area (Å²) in [5.41, 5.74) is -0.778. The van der Waals surface area contributed by atoms with Gasteiger partial charge in [-0.25, -0.2) is 0 Å². The Morgan fingerprint density at radius 2 is 1.79 bits per heavy atom. The largest absolute Gasteiger partial charge is 0.416 e. The monoisotopic (exact) mass is 291 g/mol. The molecule has 0 heterocycles. The number of halogens is 3. The molecule has 0 N–H and O–H groups in total. The Balaban J connectivity index is 3.24.